The molecule has 2 aliphatic heterocycles. The monoisotopic (exact) mass is 213 g/mol. The zero-order valence-electron chi connectivity index (χ0n) is 9.71. The average molecular weight is 213 g/mol. The lowest BCUT2D eigenvalue weighted by molar-refractivity contribution is -0.114. The minimum atomic E-state index is 0.119. The lowest BCUT2D eigenvalue weighted by Gasteiger charge is -2.16. The molecule has 0 aromatic heterocycles. The number of carbonyl (C=O) groups excluding carboxylic acids is 1. The molecule has 0 radical (unpaired) electrons. The van der Waals surface area contributed by atoms with E-state index >= 15 is 0 Å². The van der Waals surface area contributed by atoms with Crippen LogP contribution in [-0.2, 0) is 11.2 Å². The Morgan fingerprint density at radius 1 is 1.31 bits per heavy atom. The summed E-state index contributed by atoms with van der Waals surface area (Å²) in [6.07, 6.45) is 1.82. The van der Waals surface area contributed by atoms with Gasteiger partial charge in [0.15, 0.2) is 0 Å². The van der Waals surface area contributed by atoms with Crippen molar-refractivity contribution in [2.24, 2.45) is 0 Å². The first kappa shape index (κ1) is 9.64. The van der Waals surface area contributed by atoms with Crippen molar-refractivity contribution in [2.45, 2.75) is 32.7 Å². The standard InChI is InChI=1S/C14H15NO/c1-8-4-9(2)12-7-11-6-10(3)14(16)15(11)13(12)5-8/h4-5,11H,3,6-7H2,1-2H3. The Hall–Kier alpha value is -1.57. The van der Waals surface area contributed by atoms with E-state index in [1.54, 1.807) is 0 Å². The lowest BCUT2D eigenvalue weighted by Crippen LogP contribution is -2.29. The van der Waals surface area contributed by atoms with Crippen LogP contribution in [0.2, 0.25) is 0 Å². The van der Waals surface area contributed by atoms with Crippen LogP contribution in [-0.4, -0.2) is 11.9 Å². The van der Waals surface area contributed by atoms with Crippen LogP contribution in [0.1, 0.15) is 23.1 Å². The van der Waals surface area contributed by atoms with Crippen molar-refractivity contribution in [1.29, 1.82) is 0 Å². The first-order chi connectivity index (χ1) is 7.58. The predicted molar refractivity (Wildman–Crippen MR) is 64.7 cm³/mol. The van der Waals surface area contributed by atoms with Gasteiger partial charge in [0.05, 0.1) is 0 Å². The van der Waals surface area contributed by atoms with Gasteiger partial charge in [0.1, 0.15) is 0 Å². The summed E-state index contributed by atoms with van der Waals surface area (Å²) in [5.41, 5.74) is 5.75. The third kappa shape index (κ3) is 1.10. The SMILES string of the molecule is C=C1CC2Cc3c(C)cc(C)cc3N2C1=O. The highest BCUT2D eigenvalue weighted by Gasteiger charge is 2.41. The van der Waals surface area contributed by atoms with Crippen molar-refractivity contribution in [3.05, 3.63) is 41.0 Å². The zero-order valence-corrected chi connectivity index (χ0v) is 9.71. The van der Waals surface area contributed by atoms with Crippen LogP contribution < -0.4 is 4.90 Å². The topological polar surface area (TPSA) is 20.3 Å². The molecular formula is C14H15NO. The molecule has 1 atom stereocenters. The number of benzene rings is 1. The van der Waals surface area contributed by atoms with E-state index in [0.717, 1.165) is 24.1 Å². The van der Waals surface area contributed by atoms with Crippen LogP contribution in [0.15, 0.2) is 24.3 Å². The molecule has 16 heavy (non-hydrogen) atoms. The van der Waals surface area contributed by atoms with Crippen molar-refractivity contribution in [1.82, 2.24) is 0 Å². The van der Waals surface area contributed by atoms with Crippen LogP contribution in [0.3, 0.4) is 0 Å². The van der Waals surface area contributed by atoms with Crippen LogP contribution >= 0.6 is 0 Å². The molecule has 82 valence electrons. The number of nitrogens with zero attached hydrogens (tertiary/aromatic N) is 1. The van der Waals surface area contributed by atoms with Gasteiger partial charge in [0.2, 0.25) is 0 Å². The van der Waals surface area contributed by atoms with E-state index in [1.807, 2.05) is 4.90 Å². The first-order valence-corrected chi connectivity index (χ1v) is 5.69. The smallest absolute Gasteiger partial charge is 0.253 e. The highest BCUT2D eigenvalue weighted by Crippen LogP contribution is 2.41. The van der Waals surface area contributed by atoms with E-state index in [9.17, 15) is 4.79 Å². The zero-order chi connectivity index (χ0) is 11.4. The van der Waals surface area contributed by atoms with E-state index in [1.165, 1.54) is 16.7 Å². The summed E-state index contributed by atoms with van der Waals surface area (Å²) in [4.78, 5) is 13.9. The number of rotatable bonds is 0. The Balaban J connectivity index is 2.18. The molecule has 1 fully saturated rings. The van der Waals surface area contributed by atoms with Gasteiger partial charge in [-0.2, -0.15) is 0 Å². The quantitative estimate of drug-likeness (QED) is 0.606. The minimum absolute atomic E-state index is 0.119. The van der Waals surface area contributed by atoms with Crippen molar-refractivity contribution in [3.8, 4) is 0 Å². The molecule has 0 saturated carbocycles. The van der Waals surface area contributed by atoms with Gasteiger partial charge in [0, 0.05) is 17.3 Å². The molecule has 0 aliphatic carbocycles. The van der Waals surface area contributed by atoms with Gasteiger partial charge in [-0.3, -0.25) is 4.79 Å². The van der Waals surface area contributed by atoms with Gasteiger partial charge in [-0.1, -0.05) is 12.6 Å². The maximum Gasteiger partial charge on any atom is 0.253 e. The third-order valence-electron chi connectivity index (χ3n) is 3.66. The molecule has 1 saturated heterocycles. The van der Waals surface area contributed by atoms with Crippen LogP contribution in [0.25, 0.3) is 0 Å². The van der Waals surface area contributed by atoms with E-state index in [2.05, 4.69) is 32.6 Å². The number of fused-ring (bicyclic) bond motifs is 3. The number of carbonyl (C=O) groups is 1. The van der Waals surface area contributed by atoms with Gasteiger partial charge in [-0.05, 0) is 49.4 Å². The molecule has 3 rings (SSSR count). The second-order valence-corrected chi connectivity index (χ2v) is 4.92. The van der Waals surface area contributed by atoms with Crippen molar-refractivity contribution in [3.63, 3.8) is 0 Å². The summed E-state index contributed by atoms with van der Waals surface area (Å²) in [6.45, 7) is 8.06. The largest absolute Gasteiger partial charge is 0.305 e. The summed E-state index contributed by atoms with van der Waals surface area (Å²) in [5.74, 6) is 0.119. The Morgan fingerprint density at radius 3 is 2.81 bits per heavy atom. The highest BCUT2D eigenvalue weighted by molar-refractivity contribution is 6.10. The molecule has 0 N–H and O–H groups in total. The fraction of sp³-hybridized carbons (Fsp3) is 0.357. The first-order valence-electron chi connectivity index (χ1n) is 5.69. The Bertz CT molecular complexity index is 516. The van der Waals surface area contributed by atoms with E-state index in [-0.39, 0.29) is 5.91 Å². The average Bonchev–Trinajstić information content (AvgIpc) is 2.67. The maximum atomic E-state index is 12.0. The molecule has 2 heteroatoms. The molecule has 1 aromatic rings. The van der Waals surface area contributed by atoms with E-state index in [0.29, 0.717) is 6.04 Å². The second-order valence-electron chi connectivity index (χ2n) is 4.92. The van der Waals surface area contributed by atoms with Gasteiger partial charge in [-0.15, -0.1) is 0 Å². The van der Waals surface area contributed by atoms with Crippen molar-refractivity contribution < 1.29 is 4.79 Å². The maximum absolute atomic E-state index is 12.0. The van der Waals surface area contributed by atoms with Crippen LogP contribution in [0.4, 0.5) is 5.69 Å². The van der Waals surface area contributed by atoms with Gasteiger partial charge >= 0.3 is 0 Å². The van der Waals surface area contributed by atoms with Gasteiger partial charge in [-0.25, -0.2) is 0 Å². The normalized spacial score (nSPS) is 22.6. The molecule has 1 amide bonds. The second kappa shape index (κ2) is 2.97. The third-order valence-corrected chi connectivity index (χ3v) is 3.66. The highest BCUT2D eigenvalue weighted by atomic mass is 16.2. The Morgan fingerprint density at radius 2 is 2.06 bits per heavy atom. The summed E-state index contributed by atoms with van der Waals surface area (Å²) >= 11 is 0. The Labute approximate surface area is 95.6 Å². The fourth-order valence-corrected chi connectivity index (χ4v) is 2.96. The molecule has 0 bridgehead atoms. The predicted octanol–water partition coefficient (Wildman–Crippen LogP) is 2.52. The van der Waals surface area contributed by atoms with E-state index in [4.69, 9.17) is 0 Å². The number of anilines is 1. The molecule has 2 aliphatic rings. The number of amides is 1. The molecule has 2 nitrogen and oxygen atoms in total. The van der Waals surface area contributed by atoms with Crippen molar-refractivity contribution >= 4 is 11.6 Å². The van der Waals surface area contributed by atoms with Gasteiger partial charge in [0.25, 0.3) is 5.91 Å². The van der Waals surface area contributed by atoms with Crippen molar-refractivity contribution in [2.75, 3.05) is 4.90 Å². The number of hydrogen-bond donors (Lipinski definition) is 0. The summed E-state index contributed by atoms with van der Waals surface area (Å²) < 4.78 is 0. The molecule has 2 heterocycles. The summed E-state index contributed by atoms with van der Waals surface area (Å²) in [6, 6.07) is 4.65. The van der Waals surface area contributed by atoms with Gasteiger partial charge < -0.3 is 4.90 Å². The van der Waals surface area contributed by atoms with E-state index < -0.39 is 0 Å². The number of hydrogen-bond acceptors (Lipinski definition) is 1. The minimum Gasteiger partial charge on any atom is -0.305 e. The summed E-state index contributed by atoms with van der Waals surface area (Å²) in [7, 11) is 0. The van der Waals surface area contributed by atoms with Crippen LogP contribution in [0.5, 0.6) is 0 Å². The molecule has 1 aromatic carbocycles. The fourth-order valence-electron chi connectivity index (χ4n) is 2.96. The molecule has 1 unspecified atom stereocenters. The Kier molecular flexibility index (Phi) is 1.79. The molecule has 0 spiro atoms. The molecular weight excluding hydrogens is 198 g/mol. The summed E-state index contributed by atoms with van der Waals surface area (Å²) in [5, 5.41) is 0. The number of aryl methyl sites for hydroxylation is 2. The lowest BCUT2D eigenvalue weighted by atomic mass is 9.99. The van der Waals surface area contributed by atoms with Crippen LogP contribution in [0, 0.1) is 13.8 Å².